The molecule has 0 radical (unpaired) electrons. The Morgan fingerprint density at radius 2 is 1.56 bits per heavy atom. The third kappa shape index (κ3) is 5.66. The number of anilines is 1. The Morgan fingerprint density at radius 1 is 0.917 bits per heavy atom. The number of carbonyl (C=O) groups is 2. The van der Waals surface area contributed by atoms with Crippen LogP contribution in [0.1, 0.15) is 28.4 Å². The lowest BCUT2D eigenvalue weighted by Gasteiger charge is -2.35. The van der Waals surface area contributed by atoms with Gasteiger partial charge in [0.25, 0.3) is 10.2 Å². The Kier molecular flexibility index (Phi) is 7.26. The van der Waals surface area contributed by atoms with E-state index < -0.39 is 28.2 Å². The number of aliphatic carboxylic acids is 1. The normalized spacial score (nSPS) is 15.2. The molecule has 10 heteroatoms. The number of hydrogen-bond acceptors (Lipinski definition) is 5. The predicted molar refractivity (Wildman–Crippen MR) is 136 cm³/mol. The van der Waals surface area contributed by atoms with E-state index >= 15 is 0 Å². The molecule has 3 N–H and O–H groups in total. The monoisotopic (exact) mass is 507 g/mol. The molecular weight excluding hydrogens is 482 g/mol. The van der Waals surface area contributed by atoms with Crippen LogP contribution in [0.4, 0.5) is 5.69 Å². The number of nitrogens with one attached hydrogen (secondary N) is 1. The van der Waals surface area contributed by atoms with Gasteiger partial charge in [0.1, 0.15) is 6.04 Å². The fraction of sp³-hybridized carbons (Fsp3) is 0.231. The highest BCUT2D eigenvalue weighted by Crippen LogP contribution is 2.21. The summed E-state index contributed by atoms with van der Waals surface area (Å²) in [4.78, 5) is 24.5. The van der Waals surface area contributed by atoms with Crippen LogP contribution in [0, 0.1) is 11.8 Å². The van der Waals surface area contributed by atoms with Gasteiger partial charge >= 0.3 is 11.9 Å². The minimum absolute atomic E-state index is 0.237. The highest BCUT2D eigenvalue weighted by Gasteiger charge is 2.29. The Labute approximate surface area is 209 Å². The number of carboxylic acid groups (broad SMARTS) is 2. The molecule has 1 heterocycles. The predicted octanol–water partition coefficient (Wildman–Crippen LogP) is 2.37. The number of rotatable bonds is 6. The second-order valence-corrected chi connectivity index (χ2v) is 10.1. The number of piperazine rings is 1. The molecule has 0 aromatic heterocycles. The first-order chi connectivity index (χ1) is 17.1. The molecular formula is C26H25N3O6S. The van der Waals surface area contributed by atoms with Crippen molar-refractivity contribution in [3.05, 3.63) is 77.4 Å². The van der Waals surface area contributed by atoms with Gasteiger partial charge < -0.3 is 15.1 Å². The summed E-state index contributed by atoms with van der Waals surface area (Å²) in [5, 5.41) is 19.9. The van der Waals surface area contributed by atoms with Gasteiger partial charge in [-0.2, -0.15) is 17.4 Å². The molecule has 9 nitrogen and oxygen atoms in total. The van der Waals surface area contributed by atoms with Gasteiger partial charge in [0.2, 0.25) is 0 Å². The van der Waals surface area contributed by atoms with E-state index in [9.17, 15) is 23.1 Å². The van der Waals surface area contributed by atoms with E-state index in [2.05, 4.69) is 21.5 Å². The van der Waals surface area contributed by atoms with Crippen LogP contribution in [0.25, 0.3) is 10.8 Å². The second kappa shape index (κ2) is 10.4. The fourth-order valence-corrected chi connectivity index (χ4v) is 5.31. The van der Waals surface area contributed by atoms with Crippen molar-refractivity contribution in [2.45, 2.75) is 13.0 Å². The number of carboxylic acids is 2. The van der Waals surface area contributed by atoms with Gasteiger partial charge in [0.15, 0.2) is 0 Å². The molecule has 1 fully saturated rings. The smallest absolute Gasteiger partial charge is 0.336 e. The summed E-state index contributed by atoms with van der Waals surface area (Å²) in [5.41, 5.74) is 2.67. The van der Waals surface area contributed by atoms with Crippen LogP contribution >= 0.6 is 0 Å². The van der Waals surface area contributed by atoms with Crippen LogP contribution in [0.15, 0.2) is 60.7 Å². The molecule has 0 unspecified atom stereocenters. The second-order valence-electron chi connectivity index (χ2n) is 8.41. The minimum atomic E-state index is -3.87. The van der Waals surface area contributed by atoms with Gasteiger partial charge in [0.05, 0.1) is 5.56 Å². The van der Waals surface area contributed by atoms with E-state index in [1.165, 1.54) is 11.2 Å². The summed E-state index contributed by atoms with van der Waals surface area (Å²) in [6.45, 7) is 2.70. The van der Waals surface area contributed by atoms with E-state index in [0.717, 1.165) is 16.6 Å². The van der Waals surface area contributed by atoms with Crippen LogP contribution in [0.2, 0.25) is 0 Å². The third-order valence-electron chi connectivity index (χ3n) is 5.97. The van der Waals surface area contributed by atoms with E-state index in [0.29, 0.717) is 24.0 Å². The molecule has 186 valence electrons. The van der Waals surface area contributed by atoms with Gasteiger partial charge in [-0.3, -0.25) is 4.79 Å². The van der Waals surface area contributed by atoms with Crippen LogP contribution in [0.5, 0.6) is 0 Å². The van der Waals surface area contributed by atoms with Crippen LogP contribution in [-0.4, -0.2) is 67.1 Å². The van der Waals surface area contributed by atoms with E-state index in [-0.39, 0.29) is 18.7 Å². The van der Waals surface area contributed by atoms with Crippen molar-refractivity contribution in [2.24, 2.45) is 0 Å². The van der Waals surface area contributed by atoms with Crippen molar-refractivity contribution in [1.29, 1.82) is 0 Å². The van der Waals surface area contributed by atoms with Crippen molar-refractivity contribution in [2.75, 3.05) is 31.1 Å². The van der Waals surface area contributed by atoms with E-state index in [1.54, 1.807) is 18.2 Å². The van der Waals surface area contributed by atoms with Crippen LogP contribution in [0.3, 0.4) is 0 Å². The van der Waals surface area contributed by atoms with Crippen molar-refractivity contribution < 1.29 is 28.2 Å². The lowest BCUT2D eigenvalue weighted by Crippen LogP contribution is -2.54. The Hall–Kier alpha value is -3.91. The Bertz CT molecular complexity index is 1470. The zero-order valence-corrected chi connectivity index (χ0v) is 20.3. The van der Waals surface area contributed by atoms with Crippen LogP contribution in [-0.2, 0) is 15.0 Å². The maximum Gasteiger partial charge on any atom is 0.336 e. The molecule has 0 saturated carbocycles. The number of benzene rings is 3. The third-order valence-corrected chi connectivity index (χ3v) is 7.67. The summed E-state index contributed by atoms with van der Waals surface area (Å²) < 4.78 is 28.2. The average Bonchev–Trinajstić information content (AvgIpc) is 2.87. The molecule has 36 heavy (non-hydrogen) atoms. The summed E-state index contributed by atoms with van der Waals surface area (Å²) in [6.07, 6.45) is 0. The molecule has 0 spiro atoms. The van der Waals surface area contributed by atoms with Crippen molar-refractivity contribution in [3.8, 4) is 11.8 Å². The summed E-state index contributed by atoms with van der Waals surface area (Å²) in [6, 6.07) is 17.0. The molecule has 0 bridgehead atoms. The van der Waals surface area contributed by atoms with Crippen molar-refractivity contribution in [1.82, 2.24) is 9.03 Å². The number of aromatic carboxylic acids is 1. The first-order valence-corrected chi connectivity index (χ1v) is 12.7. The molecule has 0 aliphatic carbocycles. The first kappa shape index (κ1) is 25.2. The van der Waals surface area contributed by atoms with E-state index in [1.807, 2.05) is 42.5 Å². The Balaban J connectivity index is 1.41. The topological polar surface area (TPSA) is 127 Å². The summed E-state index contributed by atoms with van der Waals surface area (Å²) in [5.74, 6) is 3.97. The van der Waals surface area contributed by atoms with Crippen LogP contribution < -0.4 is 9.62 Å². The molecule has 3 aromatic carbocycles. The maximum absolute atomic E-state index is 12.4. The minimum Gasteiger partial charge on any atom is -0.480 e. The number of fused-ring (bicyclic) bond motifs is 1. The first-order valence-electron chi connectivity index (χ1n) is 11.3. The molecule has 1 saturated heterocycles. The molecule has 1 aliphatic heterocycles. The molecule has 4 rings (SSSR count). The largest absolute Gasteiger partial charge is 0.480 e. The molecule has 0 amide bonds. The van der Waals surface area contributed by atoms with Gasteiger partial charge in [-0.1, -0.05) is 30.0 Å². The van der Waals surface area contributed by atoms with Gasteiger partial charge in [-0.05, 0) is 60.2 Å². The lowest BCUT2D eigenvalue weighted by atomic mass is 10.0. The van der Waals surface area contributed by atoms with Gasteiger partial charge in [-0.15, -0.1) is 0 Å². The summed E-state index contributed by atoms with van der Waals surface area (Å²) in [7, 11) is -3.87. The highest BCUT2D eigenvalue weighted by molar-refractivity contribution is 7.87. The molecule has 1 aliphatic rings. The Morgan fingerprint density at radius 3 is 2.19 bits per heavy atom. The highest BCUT2D eigenvalue weighted by atomic mass is 32.2. The number of hydrogen-bond donors (Lipinski definition) is 3. The fourth-order valence-electron chi connectivity index (χ4n) is 3.97. The lowest BCUT2D eigenvalue weighted by molar-refractivity contribution is -0.138. The molecule has 3 aromatic rings. The van der Waals surface area contributed by atoms with Gasteiger partial charge in [-0.25, -0.2) is 4.79 Å². The summed E-state index contributed by atoms with van der Waals surface area (Å²) >= 11 is 0. The zero-order chi connectivity index (χ0) is 25.9. The average molecular weight is 508 g/mol. The van der Waals surface area contributed by atoms with Gasteiger partial charge in [0, 0.05) is 43.0 Å². The SMILES string of the molecule is C[C@@H](NS(=O)(=O)N1CCN(c2ccc(C#Cc3ccc4cccc(C(=O)O)c4c3)cc2)CC1)C(=O)O. The number of nitrogens with zero attached hydrogens (tertiary/aromatic N) is 2. The van der Waals surface area contributed by atoms with Crippen molar-refractivity contribution in [3.63, 3.8) is 0 Å². The zero-order valence-electron chi connectivity index (χ0n) is 19.5. The molecule has 1 atom stereocenters. The van der Waals surface area contributed by atoms with E-state index in [4.69, 9.17) is 5.11 Å². The maximum atomic E-state index is 12.4. The quantitative estimate of drug-likeness (QED) is 0.437. The van der Waals surface area contributed by atoms with Crippen molar-refractivity contribution >= 4 is 38.6 Å². The standard InChI is InChI=1S/C26H25N3O6S/c1-18(25(30)31)27-36(34,35)29-15-13-28(14-16-29)22-11-8-19(9-12-22)5-6-20-7-10-21-3-2-4-23(26(32)33)24(21)17-20/h2-4,7-12,17-18,27H,13-16H2,1H3,(H,30,31)(H,32,33)/t18-/m1/s1.